The molecular weight excluding hydrogens is 207 g/mol. The number of halogens is 1. The standard InChI is InChI=1S/C13H19FO2/c1-4-5-6-13(15-3)16-12-8-7-11(14)9-10(12)2/h7-9,13H,4-6H2,1-3H3. The Bertz CT molecular complexity index is 326. The van der Waals surface area contributed by atoms with Gasteiger partial charge in [0.25, 0.3) is 0 Å². The third-order valence-corrected chi connectivity index (χ3v) is 2.45. The average Bonchev–Trinajstić information content (AvgIpc) is 2.27. The predicted molar refractivity (Wildman–Crippen MR) is 62.1 cm³/mol. The zero-order valence-corrected chi connectivity index (χ0v) is 10.1. The molecule has 1 aromatic carbocycles. The highest BCUT2D eigenvalue weighted by molar-refractivity contribution is 5.32. The van der Waals surface area contributed by atoms with Crippen molar-refractivity contribution in [2.75, 3.05) is 7.11 Å². The summed E-state index contributed by atoms with van der Waals surface area (Å²) in [7, 11) is 1.62. The average molecular weight is 226 g/mol. The van der Waals surface area contributed by atoms with Crippen molar-refractivity contribution >= 4 is 0 Å². The number of hydrogen-bond acceptors (Lipinski definition) is 2. The minimum absolute atomic E-state index is 0.243. The van der Waals surface area contributed by atoms with Crippen LogP contribution < -0.4 is 4.74 Å². The first-order valence-electron chi connectivity index (χ1n) is 5.63. The van der Waals surface area contributed by atoms with E-state index in [1.54, 1.807) is 13.2 Å². The molecule has 0 aromatic heterocycles. The normalized spacial score (nSPS) is 12.5. The van der Waals surface area contributed by atoms with Gasteiger partial charge in [-0.15, -0.1) is 0 Å². The Balaban J connectivity index is 2.62. The maximum absolute atomic E-state index is 12.9. The molecule has 0 aliphatic rings. The fraction of sp³-hybridized carbons (Fsp3) is 0.538. The second kappa shape index (κ2) is 6.48. The molecule has 3 heteroatoms. The van der Waals surface area contributed by atoms with Crippen molar-refractivity contribution in [2.45, 2.75) is 39.4 Å². The Morgan fingerprint density at radius 2 is 2.12 bits per heavy atom. The lowest BCUT2D eigenvalue weighted by Gasteiger charge is -2.18. The summed E-state index contributed by atoms with van der Waals surface area (Å²) in [5.74, 6) is 0.441. The summed E-state index contributed by atoms with van der Waals surface area (Å²) in [6.07, 6.45) is 2.76. The number of rotatable bonds is 6. The van der Waals surface area contributed by atoms with Gasteiger partial charge in [-0.05, 0) is 37.1 Å². The van der Waals surface area contributed by atoms with Crippen LogP contribution in [0.4, 0.5) is 4.39 Å². The van der Waals surface area contributed by atoms with Crippen LogP contribution in [0, 0.1) is 12.7 Å². The molecule has 0 heterocycles. The van der Waals surface area contributed by atoms with Crippen LogP contribution in [0.5, 0.6) is 5.75 Å². The minimum atomic E-state index is -0.246. The molecule has 2 nitrogen and oxygen atoms in total. The molecule has 0 saturated heterocycles. The van der Waals surface area contributed by atoms with E-state index in [0.717, 1.165) is 24.8 Å². The summed E-state index contributed by atoms with van der Waals surface area (Å²) >= 11 is 0. The second-order valence-electron chi connectivity index (χ2n) is 3.84. The van der Waals surface area contributed by atoms with Crippen molar-refractivity contribution in [1.29, 1.82) is 0 Å². The Hall–Kier alpha value is -1.09. The Kier molecular flexibility index (Phi) is 5.26. The zero-order chi connectivity index (χ0) is 12.0. The van der Waals surface area contributed by atoms with Crippen LogP contribution in [0.1, 0.15) is 31.7 Å². The van der Waals surface area contributed by atoms with Crippen LogP contribution >= 0.6 is 0 Å². The first kappa shape index (κ1) is 13.0. The van der Waals surface area contributed by atoms with Gasteiger partial charge in [0.05, 0.1) is 0 Å². The van der Waals surface area contributed by atoms with Crippen LogP contribution in [0.2, 0.25) is 0 Å². The molecule has 0 N–H and O–H groups in total. The highest BCUT2D eigenvalue weighted by Crippen LogP contribution is 2.21. The summed E-state index contributed by atoms with van der Waals surface area (Å²) in [6, 6.07) is 4.50. The Morgan fingerprint density at radius 1 is 1.38 bits per heavy atom. The number of hydrogen-bond donors (Lipinski definition) is 0. The van der Waals surface area contributed by atoms with Crippen molar-refractivity contribution in [1.82, 2.24) is 0 Å². The van der Waals surface area contributed by atoms with Gasteiger partial charge in [0.2, 0.25) is 0 Å². The minimum Gasteiger partial charge on any atom is -0.465 e. The third-order valence-electron chi connectivity index (χ3n) is 2.45. The summed E-state index contributed by atoms with van der Waals surface area (Å²) < 4.78 is 23.8. The van der Waals surface area contributed by atoms with E-state index in [4.69, 9.17) is 9.47 Å². The van der Waals surface area contributed by atoms with Gasteiger partial charge in [-0.3, -0.25) is 0 Å². The molecule has 0 aliphatic carbocycles. The van der Waals surface area contributed by atoms with E-state index in [1.165, 1.54) is 12.1 Å². The van der Waals surface area contributed by atoms with Gasteiger partial charge in [-0.2, -0.15) is 0 Å². The van der Waals surface area contributed by atoms with Gasteiger partial charge in [-0.1, -0.05) is 13.3 Å². The zero-order valence-electron chi connectivity index (χ0n) is 10.1. The molecule has 0 amide bonds. The van der Waals surface area contributed by atoms with Crippen LogP contribution in [-0.4, -0.2) is 13.4 Å². The van der Waals surface area contributed by atoms with Crippen LogP contribution in [0.25, 0.3) is 0 Å². The van der Waals surface area contributed by atoms with Gasteiger partial charge in [0.15, 0.2) is 6.29 Å². The second-order valence-corrected chi connectivity index (χ2v) is 3.84. The highest BCUT2D eigenvalue weighted by atomic mass is 19.1. The fourth-order valence-corrected chi connectivity index (χ4v) is 1.48. The van der Waals surface area contributed by atoms with E-state index in [9.17, 15) is 4.39 Å². The summed E-state index contributed by atoms with van der Waals surface area (Å²) in [6.45, 7) is 3.95. The maximum Gasteiger partial charge on any atom is 0.199 e. The summed E-state index contributed by atoms with van der Waals surface area (Å²) in [5, 5.41) is 0. The van der Waals surface area contributed by atoms with E-state index in [2.05, 4.69) is 6.92 Å². The molecule has 1 atom stereocenters. The number of unbranched alkanes of at least 4 members (excludes halogenated alkanes) is 1. The van der Waals surface area contributed by atoms with Crippen LogP contribution in [0.3, 0.4) is 0 Å². The monoisotopic (exact) mass is 226 g/mol. The molecule has 1 rings (SSSR count). The molecule has 0 radical (unpaired) electrons. The molecule has 1 aromatic rings. The molecule has 0 fully saturated rings. The predicted octanol–water partition coefficient (Wildman–Crippen LogP) is 3.68. The number of methoxy groups -OCH3 is 1. The highest BCUT2D eigenvalue weighted by Gasteiger charge is 2.10. The molecule has 0 bridgehead atoms. The van der Waals surface area contributed by atoms with E-state index in [1.807, 2.05) is 6.92 Å². The quantitative estimate of drug-likeness (QED) is 0.689. The van der Waals surface area contributed by atoms with Crippen LogP contribution in [0.15, 0.2) is 18.2 Å². The topological polar surface area (TPSA) is 18.5 Å². The lowest BCUT2D eigenvalue weighted by Crippen LogP contribution is -2.19. The first-order chi connectivity index (χ1) is 7.67. The van der Waals surface area contributed by atoms with Crippen molar-refractivity contribution in [2.24, 2.45) is 0 Å². The van der Waals surface area contributed by atoms with E-state index in [-0.39, 0.29) is 12.1 Å². The largest absolute Gasteiger partial charge is 0.465 e. The molecular formula is C13H19FO2. The smallest absolute Gasteiger partial charge is 0.199 e. The lowest BCUT2D eigenvalue weighted by atomic mass is 10.2. The van der Waals surface area contributed by atoms with Gasteiger partial charge >= 0.3 is 0 Å². The number of benzene rings is 1. The molecule has 0 saturated carbocycles. The molecule has 1 unspecified atom stereocenters. The van der Waals surface area contributed by atoms with Crippen molar-refractivity contribution in [3.63, 3.8) is 0 Å². The lowest BCUT2D eigenvalue weighted by molar-refractivity contribution is -0.0596. The fourth-order valence-electron chi connectivity index (χ4n) is 1.48. The third kappa shape index (κ3) is 3.81. The maximum atomic E-state index is 12.9. The van der Waals surface area contributed by atoms with E-state index < -0.39 is 0 Å². The Morgan fingerprint density at radius 3 is 2.69 bits per heavy atom. The number of aryl methyl sites for hydroxylation is 1. The first-order valence-corrected chi connectivity index (χ1v) is 5.63. The van der Waals surface area contributed by atoms with Gasteiger partial charge in [-0.25, -0.2) is 4.39 Å². The molecule has 0 spiro atoms. The SMILES string of the molecule is CCCCC(OC)Oc1ccc(F)cc1C. The van der Waals surface area contributed by atoms with Gasteiger partial charge in [0, 0.05) is 13.5 Å². The van der Waals surface area contributed by atoms with Crippen molar-refractivity contribution in [3.05, 3.63) is 29.6 Å². The number of ether oxygens (including phenoxy) is 2. The molecule has 90 valence electrons. The van der Waals surface area contributed by atoms with Crippen molar-refractivity contribution in [3.8, 4) is 5.75 Å². The molecule has 0 aliphatic heterocycles. The molecule has 16 heavy (non-hydrogen) atoms. The van der Waals surface area contributed by atoms with E-state index in [0.29, 0.717) is 5.75 Å². The van der Waals surface area contributed by atoms with Gasteiger partial charge in [0.1, 0.15) is 11.6 Å². The van der Waals surface area contributed by atoms with Crippen molar-refractivity contribution < 1.29 is 13.9 Å². The Labute approximate surface area is 96.4 Å². The van der Waals surface area contributed by atoms with E-state index >= 15 is 0 Å². The van der Waals surface area contributed by atoms with Gasteiger partial charge < -0.3 is 9.47 Å². The van der Waals surface area contributed by atoms with Crippen LogP contribution in [-0.2, 0) is 4.74 Å². The summed E-state index contributed by atoms with van der Waals surface area (Å²) in [4.78, 5) is 0. The summed E-state index contributed by atoms with van der Waals surface area (Å²) in [5.41, 5.74) is 0.790.